The lowest BCUT2D eigenvalue weighted by atomic mass is 10.0. The molecule has 106 valence electrons. The summed E-state index contributed by atoms with van der Waals surface area (Å²) in [5, 5.41) is 3.27. The first-order chi connectivity index (χ1) is 9.19. The van der Waals surface area contributed by atoms with Crippen LogP contribution in [0.1, 0.15) is 18.4 Å². The van der Waals surface area contributed by atoms with E-state index in [0.29, 0.717) is 12.6 Å². The van der Waals surface area contributed by atoms with Crippen molar-refractivity contribution >= 4 is 0 Å². The molecule has 1 heterocycles. The summed E-state index contributed by atoms with van der Waals surface area (Å²) in [5.74, 6) is 0.282. The average molecular weight is 270 g/mol. The number of nitrogens with zero attached hydrogens (tertiary/aromatic N) is 1. The normalized spacial score (nSPS) is 20.7. The molecule has 1 saturated heterocycles. The van der Waals surface area contributed by atoms with Gasteiger partial charge in [0.05, 0.1) is 0 Å². The van der Waals surface area contributed by atoms with Crippen molar-refractivity contribution in [3.63, 3.8) is 0 Å². The second kappa shape index (κ2) is 6.82. The van der Waals surface area contributed by atoms with Gasteiger partial charge in [0, 0.05) is 24.7 Å². The van der Waals surface area contributed by atoms with E-state index in [0.717, 1.165) is 25.1 Å². The highest BCUT2D eigenvalue weighted by Gasteiger charge is 2.19. The summed E-state index contributed by atoms with van der Waals surface area (Å²) < 4.78 is 29.3. The smallest absolute Gasteiger partial charge is 0.387 e. The van der Waals surface area contributed by atoms with Gasteiger partial charge in [-0.15, -0.1) is 0 Å². The van der Waals surface area contributed by atoms with E-state index in [-0.39, 0.29) is 5.75 Å². The number of nitrogens with one attached hydrogen (secondary N) is 1. The van der Waals surface area contributed by atoms with E-state index >= 15 is 0 Å². The fraction of sp³-hybridized carbons (Fsp3) is 0.571. The van der Waals surface area contributed by atoms with Gasteiger partial charge in [0.25, 0.3) is 0 Å². The maximum absolute atomic E-state index is 12.3. The van der Waals surface area contributed by atoms with Gasteiger partial charge in [-0.2, -0.15) is 8.78 Å². The fourth-order valence-corrected chi connectivity index (χ4v) is 2.52. The summed E-state index contributed by atoms with van der Waals surface area (Å²) in [5.41, 5.74) is 0.819. The maximum atomic E-state index is 12.3. The van der Waals surface area contributed by atoms with Crippen LogP contribution in [-0.4, -0.2) is 37.7 Å². The monoisotopic (exact) mass is 270 g/mol. The van der Waals surface area contributed by atoms with Gasteiger partial charge in [-0.1, -0.05) is 18.2 Å². The number of halogens is 2. The van der Waals surface area contributed by atoms with E-state index in [9.17, 15) is 8.78 Å². The largest absolute Gasteiger partial charge is 0.434 e. The van der Waals surface area contributed by atoms with E-state index in [1.165, 1.54) is 6.42 Å². The van der Waals surface area contributed by atoms with Crippen LogP contribution in [0.5, 0.6) is 5.75 Å². The standard InChI is InChI=1S/C14H20F2N2O/c1-17-12-6-4-8-18(10-12)9-11-5-2-3-7-13(11)19-14(15)16/h2-3,5,7,12,14,17H,4,6,8-10H2,1H3. The molecular weight excluding hydrogens is 250 g/mol. The second-order valence-corrected chi connectivity index (χ2v) is 4.85. The summed E-state index contributed by atoms with van der Waals surface area (Å²) in [6.45, 7) is -0.172. The summed E-state index contributed by atoms with van der Waals surface area (Å²) >= 11 is 0. The van der Waals surface area contributed by atoms with Crippen LogP contribution in [0.15, 0.2) is 24.3 Å². The fourth-order valence-electron chi connectivity index (χ4n) is 2.52. The molecule has 0 radical (unpaired) electrons. The Morgan fingerprint density at radius 3 is 2.95 bits per heavy atom. The topological polar surface area (TPSA) is 24.5 Å². The van der Waals surface area contributed by atoms with Crippen molar-refractivity contribution in [1.29, 1.82) is 0 Å². The first kappa shape index (κ1) is 14.2. The molecule has 2 rings (SSSR count). The number of benzene rings is 1. The van der Waals surface area contributed by atoms with Crippen LogP contribution >= 0.6 is 0 Å². The minimum Gasteiger partial charge on any atom is -0.434 e. The molecule has 1 aliphatic heterocycles. The molecule has 0 saturated carbocycles. The van der Waals surface area contributed by atoms with Crippen LogP contribution in [0.25, 0.3) is 0 Å². The molecule has 0 aromatic heterocycles. The third-order valence-electron chi connectivity index (χ3n) is 3.50. The molecule has 0 amide bonds. The van der Waals surface area contributed by atoms with Gasteiger partial charge in [-0.3, -0.25) is 4.90 Å². The van der Waals surface area contributed by atoms with Crippen molar-refractivity contribution in [3.05, 3.63) is 29.8 Å². The van der Waals surface area contributed by atoms with Gasteiger partial charge in [-0.25, -0.2) is 0 Å². The Morgan fingerprint density at radius 1 is 1.42 bits per heavy atom. The Labute approximate surface area is 112 Å². The third kappa shape index (κ3) is 4.14. The zero-order valence-corrected chi connectivity index (χ0v) is 11.1. The van der Waals surface area contributed by atoms with Gasteiger partial charge in [0.1, 0.15) is 5.75 Å². The first-order valence-corrected chi connectivity index (χ1v) is 6.61. The molecule has 5 heteroatoms. The lowest BCUT2D eigenvalue weighted by Gasteiger charge is -2.32. The summed E-state index contributed by atoms with van der Waals surface area (Å²) in [7, 11) is 1.96. The van der Waals surface area contributed by atoms with Gasteiger partial charge >= 0.3 is 6.61 Å². The average Bonchev–Trinajstić information content (AvgIpc) is 2.41. The van der Waals surface area contributed by atoms with Crippen LogP contribution in [0.3, 0.4) is 0 Å². The molecule has 1 aliphatic rings. The molecule has 1 aromatic rings. The Morgan fingerprint density at radius 2 is 2.21 bits per heavy atom. The predicted octanol–water partition coefficient (Wildman–Crippen LogP) is 2.47. The molecule has 3 nitrogen and oxygen atoms in total. The Hall–Kier alpha value is -1.20. The van der Waals surface area contributed by atoms with Crippen LogP contribution in [0.4, 0.5) is 8.78 Å². The predicted molar refractivity (Wildman–Crippen MR) is 70.4 cm³/mol. The van der Waals surface area contributed by atoms with Crippen molar-refractivity contribution in [1.82, 2.24) is 10.2 Å². The van der Waals surface area contributed by atoms with Crippen molar-refractivity contribution in [2.75, 3.05) is 20.1 Å². The number of alkyl halides is 2. The molecule has 1 atom stereocenters. The number of piperidine rings is 1. The SMILES string of the molecule is CNC1CCCN(Cc2ccccc2OC(F)F)C1. The summed E-state index contributed by atoms with van der Waals surface area (Å²) in [6, 6.07) is 7.50. The number of likely N-dealkylation sites (N-methyl/N-ethyl adjacent to an activating group) is 1. The van der Waals surface area contributed by atoms with E-state index in [4.69, 9.17) is 0 Å². The number of likely N-dealkylation sites (tertiary alicyclic amines) is 1. The third-order valence-corrected chi connectivity index (χ3v) is 3.50. The molecule has 1 fully saturated rings. The minimum absolute atomic E-state index is 0.282. The van der Waals surface area contributed by atoms with Crippen LogP contribution in [0.2, 0.25) is 0 Å². The maximum Gasteiger partial charge on any atom is 0.387 e. The van der Waals surface area contributed by atoms with Crippen molar-refractivity contribution in [2.45, 2.75) is 32.0 Å². The highest BCUT2D eigenvalue weighted by atomic mass is 19.3. The van der Waals surface area contributed by atoms with E-state index < -0.39 is 6.61 Å². The van der Waals surface area contributed by atoms with Gasteiger partial charge in [0.2, 0.25) is 0 Å². The van der Waals surface area contributed by atoms with Crippen LogP contribution in [-0.2, 0) is 6.54 Å². The van der Waals surface area contributed by atoms with Crippen molar-refractivity contribution in [2.24, 2.45) is 0 Å². The zero-order chi connectivity index (χ0) is 13.7. The molecule has 1 N–H and O–H groups in total. The van der Waals surface area contributed by atoms with Crippen LogP contribution < -0.4 is 10.1 Å². The summed E-state index contributed by atoms with van der Waals surface area (Å²) in [4.78, 5) is 2.28. The quantitative estimate of drug-likeness (QED) is 0.889. The minimum atomic E-state index is -2.77. The van der Waals surface area contributed by atoms with E-state index in [2.05, 4.69) is 15.0 Å². The molecule has 1 aromatic carbocycles. The Balaban J connectivity index is 2.01. The highest BCUT2D eigenvalue weighted by molar-refractivity contribution is 5.33. The number of hydrogen-bond acceptors (Lipinski definition) is 3. The molecular formula is C14H20F2N2O. The number of hydrogen-bond donors (Lipinski definition) is 1. The highest BCUT2D eigenvalue weighted by Crippen LogP contribution is 2.23. The van der Waals surface area contributed by atoms with Gasteiger partial charge < -0.3 is 10.1 Å². The molecule has 0 bridgehead atoms. The molecule has 0 spiro atoms. The lowest BCUT2D eigenvalue weighted by Crippen LogP contribution is -2.43. The molecule has 1 unspecified atom stereocenters. The summed E-state index contributed by atoms with van der Waals surface area (Å²) in [6.07, 6.45) is 2.30. The Kier molecular flexibility index (Phi) is 5.10. The number of para-hydroxylation sites is 1. The van der Waals surface area contributed by atoms with Crippen LogP contribution in [0, 0.1) is 0 Å². The molecule has 0 aliphatic carbocycles. The first-order valence-electron chi connectivity index (χ1n) is 6.61. The lowest BCUT2D eigenvalue weighted by molar-refractivity contribution is -0.0508. The number of ether oxygens (including phenoxy) is 1. The zero-order valence-electron chi connectivity index (χ0n) is 11.1. The van der Waals surface area contributed by atoms with Gasteiger partial charge in [0.15, 0.2) is 0 Å². The van der Waals surface area contributed by atoms with Crippen molar-refractivity contribution in [3.8, 4) is 5.75 Å². The van der Waals surface area contributed by atoms with E-state index in [1.54, 1.807) is 12.1 Å². The Bertz CT molecular complexity index is 401. The van der Waals surface area contributed by atoms with E-state index in [1.807, 2.05) is 19.2 Å². The number of rotatable bonds is 5. The van der Waals surface area contributed by atoms with Gasteiger partial charge in [-0.05, 0) is 32.5 Å². The van der Waals surface area contributed by atoms with Crippen molar-refractivity contribution < 1.29 is 13.5 Å². The molecule has 19 heavy (non-hydrogen) atoms. The second-order valence-electron chi connectivity index (χ2n) is 4.85.